The molecule has 0 bridgehead atoms. The fraction of sp³-hybridized carbons (Fsp3) is 0.125. The zero-order chi connectivity index (χ0) is 10.0. The van der Waals surface area contributed by atoms with Gasteiger partial charge in [-0.05, 0) is 18.4 Å². The maximum absolute atomic E-state index is 13.0. The fourth-order valence-corrected chi connectivity index (χ4v) is 1.43. The number of amides is 1. The Bertz CT molecular complexity index is 354. The Hall–Kier alpha value is -1.23. The first-order chi connectivity index (χ1) is 6.06. The van der Waals surface area contributed by atoms with Crippen LogP contribution in [0.1, 0.15) is 10.4 Å². The van der Waals surface area contributed by atoms with Gasteiger partial charge in [0, 0.05) is 10.6 Å². The van der Waals surface area contributed by atoms with Gasteiger partial charge in [-0.15, -0.1) is 11.8 Å². The highest BCUT2D eigenvalue weighted by molar-refractivity contribution is 7.98. The summed E-state index contributed by atoms with van der Waals surface area (Å²) in [5.74, 6) is -1.08. The monoisotopic (exact) mass is 200 g/mol. The van der Waals surface area contributed by atoms with Crippen LogP contribution in [0.25, 0.3) is 0 Å². The van der Waals surface area contributed by atoms with Crippen LogP contribution in [-0.2, 0) is 0 Å². The van der Waals surface area contributed by atoms with Gasteiger partial charge in [-0.2, -0.15) is 0 Å². The standard InChI is InChI=1S/C8H9FN2OS/c1-13-7-2-4(8(11)12)6(10)3-5(7)9/h2-3H,10H2,1H3,(H2,11,12). The average molecular weight is 200 g/mol. The molecule has 1 rings (SSSR count). The normalized spacial score (nSPS) is 10.0. The van der Waals surface area contributed by atoms with Crippen LogP contribution < -0.4 is 11.5 Å². The van der Waals surface area contributed by atoms with E-state index < -0.39 is 11.7 Å². The summed E-state index contributed by atoms with van der Waals surface area (Å²) in [4.78, 5) is 11.2. The number of primary amides is 1. The van der Waals surface area contributed by atoms with E-state index in [0.29, 0.717) is 4.90 Å². The summed E-state index contributed by atoms with van der Waals surface area (Å²) in [5, 5.41) is 0. The van der Waals surface area contributed by atoms with Gasteiger partial charge in [0.15, 0.2) is 0 Å². The van der Waals surface area contributed by atoms with Crippen molar-refractivity contribution in [2.75, 3.05) is 12.0 Å². The van der Waals surface area contributed by atoms with E-state index in [0.717, 1.165) is 6.07 Å². The first-order valence-corrected chi connectivity index (χ1v) is 4.71. The minimum Gasteiger partial charge on any atom is -0.398 e. The molecule has 0 unspecified atom stereocenters. The van der Waals surface area contributed by atoms with Crippen LogP contribution in [-0.4, -0.2) is 12.2 Å². The second-order valence-corrected chi connectivity index (χ2v) is 3.29. The third kappa shape index (κ3) is 1.92. The SMILES string of the molecule is CSc1cc(C(N)=O)c(N)cc1F. The molecule has 0 atom stereocenters. The number of benzene rings is 1. The lowest BCUT2D eigenvalue weighted by Crippen LogP contribution is -2.13. The molecule has 0 aliphatic heterocycles. The first-order valence-electron chi connectivity index (χ1n) is 3.49. The van der Waals surface area contributed by atoms with Gasteiger partial charge >= 0.3 is 0 Å². The smallest absolute Gasteiger partial charge is 0.250 e. The Balaban J connectivity index is 3.30. The molecule has 3 nitrogen and oxygen atoms in total. The molecule has 0 aliphatic carbocycles. The molecule has 0 spiro atoms. The molecule has 0 saturated heterocycles. The molecule has 4 N–H and O–H groups in total. The molecule has 1 aromatic rings. The minimum atomic E-state index is -0.646. The van der Waals surface area contributed by atoms with E-state index in [2.05, 4.69) is 0 Å². The highest BCUT2D eigenvalue weighted by Gasteiger charge is 2.10. The third-order valence-corrected chi connectivity index (χ3v) is 2.34. The van der Waals surface area contributed by atoms with Crippen molar-refractivity contribution in [3.8, 4) is 0 Å². The van der Waals surface area contributed by atoms with E-state index in [9.17, 15) is 9.18 Å². The van der Waals surface area contributed by atoms with E-state index in [1.54, 1.807) is 6.26 Å². The van der Waals surface area contributed by atoms with E-state index in [-0.39, 0.29) is 11.3 Å². The van der Waals surface area contributed by atoms with Crippen molar-refractivity contribution in [3.05, 3.63) is 23.5 Å². The second kappa shape index (κ2) is 3.66. The molecule has 13 heavy (non-hydrogen) atoms. The summed E-state index contributed by atoms with van der Waals surface area (Å²) in [6, 6.07) is 2.46. The van der Waals surface area contributed by atoms with Crippen LogP contribution >= 0.6 is 11.8 Å². The number of hydrogen-bond acceptors (Lipinski definition) is 3. The van der Waals surface area contributed by atoms with Crippen LogP contribution in [0.4, 0.5) is 10.1 Å². The Kier molecular flexibility index (Phi) is 2.77. The molecule has 1 aromatic carbocycles. The molecule has 0 aromatic heterocycles. The number of hydrogen-bond donors (Lipinski definition) is 2. The molecule has 0 radical (unpaired) electrons. The Morgan fingerprint density at radius 2 is 2.15 bits per heavy atom. The van der Waals surface area contributed by atoms with E-state index in [1.807, 2.05) is 0 Å². The maximum Gasteiger partial charge on any atom is 0.250 e. The topological polar surface area (TPSA) is 69.1 Å². The lowest BCUT2D eigenvalue weighted by atomic mass is 10.1. The largest absolute Gasteiger partial charge is 0.398 e. The maximum atomic E-state index is 13.0. The Morgan fingerprint density at radius 1 is 1.54 bits per heavy atom. The number of carbonyl (C=O) groups excluding carboxylic acids is 1. The van der Waals surface area contributed by atoms with Crippen molar-refractivity contribution < 1.29 is 9.18 Å². The van der Waals surface area contributed by atoms with Crippen molar-refractivity contribution >= 4 is 23.4 Å². The van der Waals surface area contributed by atoms with Crippen LogP contribution in [0.15, 0.2) is 17.0 Å². The number of halogens is 1. The van der Waals surface area contributed by atoms with Crippen molar-refractivity contribution in [1.82, 2.24) is 0 Å². The summed E-state index contributed by atoms with van der Waals surface area (Å²) in [7, 11) is 0. The fourth-order valence-electron chi connectivity index (χ4n) is 0.939. The summed E-state index contributed by atoms with van der Waals surface area (Å²) in [6.07, 6.45) is 1.71. The number of anilines is 1. The van der Waals surface area contributed by atoms with Gasteiger partial charge in [0.05, 0.1) is 5.56 Å². The highest BCUT2D eigenvalue weighted by Crippen LogP contribution is 2.24. The molecular formula is C8H9FN2OS. The van der Waals surface area contributed by atoms with Crippen molar-refractivity contribution in [3.63, 3.8) is 0 Å². The van der Waals surface area contributed by atoms with E-state index >= 15 is 0 Å². The molecule has 0 saturated carbocycles. The van der Waals surface area contributed by atoms with Gasteiger partial charge in [0.25, 0.3) is 5.91 Å². The van der Waals surface area contributed by atoms with Gasteiger partial charge in [-0.1, -0.05) is 0 Å². The second-order valence-electron chi connectivity index (χ2n) is 2.44. The quantitative estimate of drug-likeness (QED) is 0.557. The van der Waals surface area contributed by atoms with Crippen molar-refractivity contribution in [1.29, 1.82) is 0 Å². The van der Waals surface area contributed by atoms with Crippen molar-refractivity contribution in [2.24, 2.45) is 5.73 Å². The third-order valence-electron chi connectivity index (χ3n) is 1.59. The highest BCUT2D eigenvalue weighted by atomic mass is 32.2. The molecule has 0 heterocycles. The lowest BCUT2D eigenvalue weighted by Gasteiger charge is -2.04. The zero-order valence-electron chi connectivity index (χ0n) is 7.00. The number of nitrogens with two attached hydrogens (primary N) is 2. The van der Waals surface area contributed by atoms with Crippen LogP contribution in [0, 0.1) is 5.82 Å². The summed E-state index contributed by atoms with van der Waals surface area (Å²) in [5.41, 5.74) is 10.7. The molecule has 5 heteroatoms. The van der Waals surface area contributed by atoms with Gasteiger partial charge < -0.3 is 11.5 Å². The van der Waals surface area contributed by atoms with Gasteiger partial charge in [-0.25, -0.2) is 4.39 Å². The first kappa shape index (κ1) is 9.85. The Morgan fingerprint density at radius 3 is 2.62 bits per heavy atom. The summed E-state index contributed by atoms with van der Waals surface area (Å²) in [6.45, 7) is 0. The number of rotatable bonds is 2. The molecule has 70 valence electrons. The van der Waals surface area contributed by atoms with Gasteiger partial charge in [0.1, 0.15) is 5.82 Å². The number of carbonyl (C=O) groups is 1. The van der Waals surface area contributed by atoms with Crippen LogP contribution in [0.3, 0.4) is 0 Å². The summed E-state index contributed by atoms with van der Waals surface area (Å²) < 4.78 is 13.0. The van der Waals surface area contributed by atoms with Crippen molar-refractivity contribution in [2.45, 2.75) is 4.90 Å². The van der Waals surface area contributed by atoms with Crippen LogP contribution in [0.5, 0.6) is 0 Å². The molecule has 0 aliphatic rings. The number of thioether (sulfide) groups is 1. The predicted octanol–water partition coefficient (Wildman–Crippen LogP) is 1.23. The van der Waals surface area contributed by atoms with Crippen LogP contribution in [0.2, 0.25) is 0 Å². The number of nitrogen functional groups attached to an aromatic ring is 1. The van der Waals surface area contributed by atoms with E-state index in [4.69, 9.17) is 11.5 Å². The van der Waals surface area contributed by atoms with E-state index in [1.165, 1.54) is 17.8 Å². The lowest BCUT2D eigenvalue weighted by molar-refractivity contribution is 0.100. The van der Waals surface area contributed by atoms with Gasteiger partial charge in [-0.3, -0.25) is 4.79 Å². The van der Waals surface area contributed by atoms with Gasteiger partial charge in [0.2, 0.25) is 0 Å². The summed E-state index contributed by atoms with van der Waals surface area (Å²) >= 11 is 1.20. The Labute approximate surface area is 79.3 Å². The molecular weight excluding hydrogens is 191 g/mol. The molecule has 0 fully saturated rings. The predicted molar refractivity (Wildman–Crippen MR) is 51.1 cm³/mol. The minimum absolute atomic E-state index is 0.0720. The average Bonchev–Trinajstić information content (AvgIpc) is 2.03. The molecule has 1 amide bonds. The zero-order valence-corrected chi connectivity index (χ0v) is 7.82.